The number of carbonyl (C=O) groups is 1. The van der Waals surface area contributed by atoms with Gasteiger partial charge in [0, 0.05) is 31.2 Å². The molecule has 19 heavy (non-hydrogen) atoms. The number of amides is 1. The molecule has 3 nitrogen and oxygen atoms in total. The van der Waals surface area contributed by atoms with Gasteiger partial charge in [-0.1, -0.05) is 6.92 Å². The summed E-state index contributed by atoms with van der Waals surface area (Å²) in [5, 5.41) is 0. The van der Waals surface area contributed by atoms with Gasteiger partial charge in [0.1, 0.15) is 0 Å². The van der Waals surface area contributed by atoms with Crippen LogP contribution in [0.5, 0.6) is 0 Å². The molecule has 3 rings (SSSR count). The molecule has 3 atom stereocenters. The molecule has 0 aromatic carbocycles. The molecule has 2 aliphatic heterocycles. The van der Waals surface area contributed by atoms with Crippen LogP contribution in [0, 0.1) is 11.3 Å². The minimum absolute atomic E-state index is 0.297. The Labute approximate surface area is 116 Å². The Hall–Kier alpha value is -0.570. The van der Waals surface area contributed by atoms with E-state index in [2.05, 4.69) is 18.7 Å². The monoisotopic (exact) mass is 265 g/mol. The highest BCUT2D eigenvalue weighted by Gasteiger charge is 2.53. The van der Waals surface area contributed by atoms with Crippen LogP contribution in [-0.4, -0.2) is 36.1 Å². The Morgan fingerprint density at radius 2 is 1.95 bits per heavy atom. The predicted molar refractivity (Wildman–Crippen MR) is 74.8 cm³/mol. The van der Waals surface area contributed by atoms with Gasteiger partial charge >= 0.3 is 0 Å². The number of rotatable bonds is 2. The summed E-state index contributed by atoms with van der Waals surface area (Å²) in [5.74, 6) is 0.760. The number of hydrogen-bond donors (Lipinski definition) is 0. The van der Waals surface area contributed by atoms with Crippen molar-refractivity contribution in [3.8, 4) is 0 Å². The van der Waals surface area contributed by atoms with Gasteiger partial charge in [-0.15, -0.1) is 0 Å². The maximum Gasteiger partial charge on any atom is 0.226 e. The van der Waals surface area contributed by atoms with E-state index in [0.29, 0.717) is 29.3 Å². The first-order valence-corrected chi connectivity index (χ1v) is 8.08. The van der Waals surface area contributed by atoms with E-state index in [1.807, 2.05) is 0 Å². The lowest BCUT2D eigenvalue weighted by molar-refractivity contribution is -0.157. The molecule has 0 radical (unpaired) electrons. The predicted octanol–water partition coefficient (Wildman–Crippen LogP) is 2.98. The molecule has 3 fully saturated rings. The summed E-state index contributed by atoms with van der Waals surface area (Å²) < 4.78 is 5.49. The molecule has 2 unspecified atom stereocenters. The van der Waals surface area contributed by atoms with Gasteiger partial charge in [0.05, 0.1) is 0 Å². The third-order valence-electron chi connectivity index (χ3n) is 5.97. The van der Waals surface area contributed by atoms with Crippen molar-refractivity contribution >= 4 is 5.91 Å². The zero-order valence-electron chi connectivity index (χ0n) is 12.4. The van der Waals surface area contributed by atoms with Crippen molar-refractivity contribution in [1.29, 1.82) is 0 Å². The van der Waals surface area contributed by atoms with Crippen molar-refractivity contribution in [3.63, 3.8) is 0 Å². The maximum absolute atomic E-state index is 13.0. The van der Waals surface area contributed by atoms with Crippen LogP contribution >= 0.6 is 0 Å². The molecule has 0 bridgehead atoms. The molecule has 0 aromatic rings. The largest absolute Gasteiger partial charge is 0.381 e. The van der Waals surface area contributed by atoms with Crippen molar-refractivity contribution < 1.29 is 9.53 Å². The summed E-state index contributed by atoms with van der Waals surface area (Å²) in [6.07, 6.45) is 8.05. The fraction of sp³-hybridized carbons (Fsp3) is 0.938. The number of nitrogens with zero attached hydrogens (tertiary/aromatic N) is 1. The Morgan fingerprint density at radius 3 is 2.53 bits per heavy atom. The summed E-state index contributed by atoms with van der Waals surface area (Å²) >= 11 is 0. The molecular formula is C16H27NO2. The summed E-state index contributed by atoms with van der Waals surface area (Å²) in [4.78, 5) is 15.2. The molecule has 1 amide bonds. The van der Waals surface area contributed by atoms with Crippen LogP contribution in [0.4, 0.5) is 0 Å². The molecule has 3 aliphatic rings. The Balaban J connectivity index is 1.73. The highest BCUT2D eigenvalue weighted by Crippen LogP contribution is 2.54. The molecule has 108 valence electrons. The van der Waals surface area contributed by atoms with Crippen molar-refractivity contribution in [2.24, 2.45) is 11.3 Å². The quantitative estimate of drug-likeness (QED) is 0.768. The first-order valence-electron chi connectivity index (χ1n) is 8.08. The topological polar surface area (TPSA) is 29.5 Å². The van der Waals surface area contributed by atoms with E-state index < -0.39 is 0 Å². The lowest BCUT2D eigenvalue weighted by atomic mass is 9.56. The Kier molecular flexibility index (Phi) is 3.59. The Bertz CT molecular complexity index is 349. The minimum atomic E-state index is 0.297. The molecule has 1 saturated carbocycles. The molecular weight excluding hydrogens is 238 g/mol. The highest BCUT2D eigenvalue weighted by molar-refractivity contribution is 5.81. The third-order valence-corrected chi connectivity index (χ3v) is 5.97. The highest BCUT2D eigenvalue weighted by atomic mass is 16.5. The van der Waals surface area contributed by atoms with E-state index in [9.17, 15) is 4.79 Å². The number of ether oxygens (including phenoxy) is 1. The van der Waals surface area contributed by atoms with Crippen LogP contribution < -0.4 is 0 Å². The van der Waals surface area contributed by atoms with E-state index in [-0.39, 0.29) is 0 Å². The van der Waals surface area contributed by atoms with Crippen molar-refractivity contribution in [2.75, 3.05) is 13.2 Å². The maximum atomic E-state index is 13.0. The number of likely N-dealkylation sites (tertiary alicyclic amines) is 1. The van der Waals surface area contributed by atoms with Gasteiger partial charge in [-0.05, 0) is 57.3 Å². The number of carbonyl (C=O) groups excluding carboxylic acids is 1. The average Bonchev–Trinajstić information content (AvgIpc) is 2.79. The fourth-order valence-electron chi connectivity index (χ4n) is 4.51. The first-order chi connectivity index (χ1) is 9.18. The van der Waals surface area contributed by atoms with Gasteiger partial charge in [0.25, 0.3) is 0 Å². The average molecular weight is 265 g/mol. The SMILES string of the molecule is CC[C@@H]1CCC(C)N1C(=O)C1CCC12CCOCC2. The molecule has 0 aromatic heterocycles. The second-order valence-electron chi connectivity index (χ2n) is 6.80. The summed E-state index contributed by atoms with van der Waals surface area (Å²) in [5.41, 5.74) is 0.302. The van der Waals surface area contributed by atoms with Crippen molar-refractivity contribution in [3.05, 3.63) is 0 Å². The third kappa shape index (κ3) is 2.10. The summed E-state index contributed by atoms with van der Waals surface area (Å²) in [6, 6.07) is 0.954. The molecule has 1 aliphatic carbocycles. The molecule has 1 spiro atoms. The van der Waals surface area contributed by atoms with Crippen LogP contribution in [0.2, 0.25) is 0 Å². The standard InChI is InChI=1S/C16H27NO2/c1-3-13-5-4-12(2)17(13)15(18)14-6-7-16(14)8-10-19-11-9-16/h12-14H,3-11H2,1-2H3/t12?,13-,14?/m1/s1. The van der Waals surface area contributed by atoms with Gasteiger partial charge in [-0.3, -0.25) is 4.79 Å². The van der Waals surface area contributed by atoms with Gasteiger partial charge in [0.2, 0.25) is 5.91 Å². The fourth-order valence-corrected chi connectivity index (χ4v) is 4.51. The first kappa shape index (κ1) is 13.4. The smallest absolute Gasteiger partial charge is 0.226 e. The lowest BCUT2D eigenvalue weighted by Crippen LogP contribution is -2.54. The van der Waals surface area contributed by atoms with Crippen LogP contribution in [-0.2, 0) is 9.53 Å². The van der Waals surface area contributed by atoms with Crippen LogP contribution in [0.25, 0.3) is 0 Å². The van der Waals surface area contributed by atoms with Crippen LogP contribution in [0.15, 0.2) is 0 Å². The van der Waals surface area contributed by atoms with Crippen LogP contribution in [0.3, 0.4) is 0 Å². The second-order valence-corrected chi connectivity index (χ2v) is 6.80. The Morgan fingerprint density at radius 1 is 1.21 bits per heavy atom. The van der Waals surface area contributed by atoms with Gasteiger partial charge in [0.15, 0.2) is 0 Å². The zero-order valence-corrected chi connectivity index (χ0v) is 12.4. The molecule has 2 saturated heterocycles. The van der Waals surface area contributed by atoms with E-state index in [1.54, 1.807) is 0 Å². The van der Waals surface area contributed by atoms with Crippen LogP contribution in [0.1, 0.15) is 58.8 Å². The molecule has 3 heteroatoms. The second kappa shape index (κ2) is 5.08. The van der Waals surface area contributed by atoms with E-state index in [4.69, 9.17) is 4.74 Å². The summed E-state index contributed by atoms with van der Waals surface area (Å²) in [7, 11) is 0. The molecule has 2 heterocycles. The number of hydrogen-bond acceptors (Lipinski definition) is 2. The lowest BCUT2D eigenvalue weighted by Gasteiger charge is -2.52. The van der Waals surface area contributed by atoms with Gasteiger partial charge in [-0.2, -0.15) is 0 Å². The zero-order chi connectivity index (χ0) is 13.5. The minimum Gasteiger partial charge on any atom is -0.381 e. The van der Waals surface area contributed by atoms with Crippen molar-refractivity contribution in [2.45, 2.75) is 70.9 Å². The van der Waals surface area contributed by atoms with Gasteiger partial charge < -0.3 is 9.64 Å². The van der Waals surface area contributed by atoms with Gasteiger partial charge in [-0.25, -0.2) is 0 Å². The van der Waals surface area contributed by atoms with E-state index in [0.717, 1.165) is 38.9 Å². The molecule has 0 N–H and O–H groups in total. The van der Waals surface area contributed by atoms with Crippen molar-refractivity contribution in [1.82, 2.24) is 4.90 Å². The van der Waals surface area contributed by atoms with E-state index >= 15 is 0 Å². The van der Waals surface area contributed by atoms with E-state index in [1.165, 1.54) is 19.3 Å². The normalized spacial score (nSPS) is 37.4. The summed E-state index contributed by atoms with van der Waals surface area (Å²) in [6.45, 7) is 6.16.